The van der Waals surface area contributed by atoms with Crippen LogP contribution in [0.3, 0.4) is 0 Å². The minimum absolute atomic E-state index is 0.0930. The minimum atomic E-state index is 0.0930. The number of anilines is 2. The zero-order valence-electron chi connectivity index (χ0n) is 24.4. The number of ether oxygens (including phenoxy) is 1. The highest BCUT2D eigenvalue weighted by Crippen LogP contribution is 2.36. The van der Waals surface area contributed by atoms with E-state index in [1.807, 2.05) is 16.7 Å². The molecule has 2 heterocycles. The number of nitrogens with one attached hydrogen (secondary N) is 1. The summed E-state index contributed by atoms with van der Waals surface area (Å²) in [4.78, 5) is 12.3. The molecule has 43 heavy (non-hydrogen) atoms. The molecular formula is C36H31N5O2. The molecule has 7 heteroatoms. The van der Waals surface area contributed by atoms with Gasteiger partial charge in [0, 0.05) is 23.6 Å². The number of hydrogen-bond acceptors (Lipinski definition) is 6. The Morgan fingerprint density at radius 2 is 1.65 bits per heavy atom. The van der Waals surface area contributed by atoms with E-state index in [4.69, 9.17) is 9.72 Å². The average Bonchev–Trinajstić information content (AvgIpc) is 3.39. The molecule has 0 amide bonds. The highest BCUT2D eigenvalue weighted by atomic mass is 16.5. The highest BCUT2D eigenvalue weighted by Gasteiger charge is 2.16. The molecule has 4 aromatic rings. The highest BCUT2D eigenvalue weighted by molar-refractivity contribution is 5.80. The maximum absolute atomic E-state index is 9.92. The van der Waals surface area contributed by atoms with Crippen LogP contribution in [0.2, 0.25) is 0 Å². The molecule has 0 bridgehead atoms. The van der Waals surface area contributed by atoms with E-state index in [-0.39, 0.29) is 5.75 Å². The lowest BCUT2D eigenvalue weighted by atomic mass is 10.0. The second-order valence-corrected chi connectivity index (χ2v) is 8.50. The Balaban J connectivity index is 0.000000357. The number of aliphatic imine (C=N–C) groups is 1. The Hall–Kier alpha value is -6.37. The van der Waals surface area contributed by atoms with Crippen molar-refractivity contribution in [2.24, 2.45) is 4.99 Å². The molecule has 7 nitrogen and oxygen atoms in total. The van der Waals surface area contributed by atoms with Gasteiger partial charge in [-0.1, -0.05) is 44.0 Å². The fraction of sp³-hybridized carbons (Fsp3) is 0.111. The van der Waals surface area contributed by atoms with Gasteiger partial charge in [-0.3, -0.25) is 9.38 Å². The minimum Gasteiger partial charge on any atom is -0.504 e. The predicted octanol–water partition coefficient (Wildman–Crippen LogP) is 8.01. The van der Waals surface area contributed by atoms with Crippen LogP contribution >= 0.6 is 0 Å². The monoisotopic (exact) mass is 565 g/mol. The molecule has 0 unspecified atom stereocenters. The zero-order chi connectivity index (χ0) is 31.5. The second kappa shape index (κ2) is 18.1. The van der Waals surface area contributed by atoms with Crippen molar-refractivity contribution in [3.05, 3.63) is 145 Å². The largest absolute Gasteiger partial charge is 0.504 e. The summed E-state index contributed by atoms with van der Waals surface area (Å²) in [6.07, 6.45) is 6.71. The number of phenolic OH excluding ortho intramolecular Hbond substituents is 1. The van der Waals surface area contributed by atoms with Gasteiger partial charge in [0.2, 0.25) is 0 Å². The average molecular weight is 566 g/mol. The van der Waals surface area contributed by atoms with E-state index >= 15 is 0 Å². The van der Waals surface area contributed by atoms with Crippen LogP contribution in [0.1, 0.15) is 25.3 Å². The smallest absolute Gasteiger partial charge is 0.161 e. The van der Waals surface area contributed by atoms with E-state index in [1.165, 1.54) is 18.9 Å². The van der Waals surface area contributed by atoms with Gasteiger partial charge in [-0.25, -0.2) is 9.98 Å². The van der Waals surface area contributed by atoms with Gasteiger partial charge in [-0.05, 0) is 96.1 Å². The molecule has 0 radical (unpaired) electrons. The van der Waals surface area contributed by atoms with Crippen LogP contribution in [-0.2, 0) is 0 Å². The molecule has 2 N–H and O–H groups in total. The molecule has 0 aliphatic carbocycles. The predicted molar refractivity (Wildman–Crippen MR) is 173 cm³/mol. The number of aromatic nitrogens is 3. The number of rotatable bonds is 6. The van der Waals surface area contributed by atoms with Crippen LogP contribution < -0.4 is 10.1 Å². The molecule has 4 rings (SSSR count). The Kier molecular flexibility index (Phi) is 13.8. The zero-order valence-corrected chi connectivity index (χ0v) is 24.4. The van der Waals surface area contributed by atoms with Crippen molar-refractivity contribution >= 4 is 23.0 Å². The van der Waals surface area contributed by atoms with Crippen LogP contribution in [0, 0.1) is 0 Å². The van der Waals surface area contributed by atoms with Crippen molar-refractivity contribution < 1.29 is 9.84 Å². The molecular weight excluding hydrogens is 534 g/mol. The van der Waals surface area contributed by atoms with Crippen LogP contribution in [0.25, 0.3) is 16.9 Å². The molecule has 0 aliphatic heterocycles. The summed E-state index contributed by atoms with van der Waals surface area (Å²) in [5.74, 6) is 4.09. The van der Waals surface area contributed by atoms with Crippen LogP contribution in [-0.4, -0.2) is 32.5 Å². The lowest BCUT2D eigenvalue weighted by Crippen LogP contribution is -1.98. The van der Waals surface area contributed by atoms with E-state index < -0.39 is 0 Å². The van der Waals surface area contributed by atoms with Crippen molar-refractivity contribution in [2.75, 3.05) is 12.4 Å². The molecule has 2 aromatic heterocycles. The van der Waals surface area contributed by atoms with Crippen LogP contribution in [0.4, 0.5) is 11.5 Å². The van der Waals surface area contributed by atoms with Gasteiger partial charge < -0.3 is 15.2 Å². The first-order valence-electron chi connectivity index (χ1n) is 12.8. The third-order valence-corrected chi connectivity index (χ3v) is 5.40. The second-order valence-electron chi connectivity index (χ2n) is 8.50. The quantitative estimate of drug-likeness (QED) is 0.183. The lowest BCUT2D eigenvalue weighted by Gasteiger charge is -2.11. The normalized spacial score (nSPS) is 8.65. The van der Waals surface area contributed by atoms with Gasteiger partial charge in [0.15, 0.2) is 17.1 Å². The van der Waals surface area contributed by atoms with Crippen molar-refractivity contribution in [1.82, 2.24) is 14.4 Å². The number of aromatic hydroxyl groups is 1. The van der Waals surface area contributed by atoms with E-state index in [1.54, 1.807) is 24.5 Å². The van der Waals surface area contributed by atoms with Gasteiger partial charge >= 0.3 is 0 Å². The standard InChI is InChI=1S/C22H22N4O2.C9H4.C5H5N/c1-14(2)15-4-7-17(8-5-15)24-22-21(25-20-13-23-10-11-26(20)22)16-6-9-18(27)19(12-16)28-3;1-3-5-7-9-8-6-4-2;1-3-5-6-4-2/h4-14,24,27H,1-3H3;1-2H2;5H,1-2H2. The summed E-state index contributed by atoms with van der Waals surface area (Å²) in [5.41, 5.74) is 24.0. The molecule has 0 spiro atoms. The first kappa shape index (κ1) is 32.8. The lowest BCUT2D eigenvalue weighted by molar-refractivity contribution is 0.373. The third kappa shape index (κ3) is 10.3. The Bertz CT molecular complexity index is 1860. The topological polar surface area (TPSA) is 84.0 Å². The van der Waals surface area contributed by atoms with Crippen molar-refractivity contribution in [2.45, 2.75) is 19.8 Å². The molecule has 0 saturated carbocycles. The van der Waals surface area contributed by atoms with E-state index in [9.17, 15) is 5.11 Å². The number of nitrogens with zero attached hydrogens (tertiary/aromatic N) is 4. The number of methoxy groups -OCH3 is 1. The molecule has 212 valence electrons. The van der Waals surface area contributed by atoms with Gasteiger partial charge in [0.25, 0.3) is 0 Å². The number of imidazole rings is 1. The summed E-state index contributed by atoms with van der Waals surface area (Å²) in [7, 11) is 1.53. The number of hydrogen-bond donors (Lipinski definition) is 2. The molecule has 0 fully saturated rings. The van der Waals surface area contributed by atoms with Crippen LogP contribution in [0.15, 0.2) is 144 Å². The molecule has 0 saturated heterocycles. The fourth-order valence-corrected chi connectivity index (χ4v) is 3.41. The first-order valence-corrected chi connectivity index (χ1v) is 12.8. The Morgan fingerprint density at radius 1 is 0.977 bits per heavy atom. The summed E-state index contributed by atoms with van der Waals surface area (Å²) in [6, 6.07) is 13.6. The number of phenols is 1. The third-order valence-electron chi connectivity index (χ3n) is 5.40. The summed E-state index contributed by atoms with van der Waals surface area (Å²) >= 11 is 0. The Labute approximate surface area is 251 Å². The van der Waals surface area contributed by atoms with Gasteiger partial charge in [0.1, 0.15) is 11.5 Å². The number of fused-ring (bicyclic) bond motifs is 1. The number of benzene rings is 2. The van der Waals surface area contributed by atoms with Crippen molar-refractivity contribution in [3.63, 3.8) is 0 Å². The summed E-state index contributed by atoms with van der Waals surface area (Å²) in [6.45, 7) is 17.3. The molecule has 2 aromatic carbocycles. The van der Waals surface area contributed by atoms with Crippen molar-refractivity contribution in [3.8, 4) is 22.8 Å². The van der Waals surface area contributed by atoms with E-state index in [2.05, 4.69) is 131 Å². The maximum Gasteiger partial charge on any atom is 0.161 e. The summed E-state index contributed by atoms with van der Waals surface area (Å²) in [5, 5.41) is 13.4. The van der Waals surface area contributed by atoms with Gasteiger partial charge in [-0.15, -0.1) is 5.73 Å². The molecule has 0 aliphatic rings. The molecule has 0 atom stereocenters. The Morgan fingerprint density at radius 3 is 2.21 bits per heavy atom. The summed E-state index contributed by atoms with van der Waals surface area (Å²) < 4.78 is 7.21. The fourth-order valence-electron chi connectivity index (χ4n) is 3.41. The maximum atomic E-state index is 9.92. The SMILES string of the molecule is C=C=C=C=C=C=C=C=C.C=C=CN=C=C.COc1cc(-c2nc3cnccn3c2Nc2ccc(C(C)C)cc2)ccc1O. The van der Waals surface area contributed by atoms with Crippen LogP contribution in [0.5, 0.6) is 11.5 Å². The van der Waals surface area contributed by atoms with Crippen molar-refractivity contribution in [1.29, 1.82) is 0 Å². The van der Waals surface area contributed by atoms with E-state index in [0.717, 1.165) is 28.4 Å². The first-order chi connectivity index (χ1) is 20.9. The van der Waals surface area contributed by atoms with E-state index in [0.29, 0.717) is 11.7 Å². The van der Waals surface area contributed by atoms with Gasteiger partial charge in [-0.2, -0.15) is 0 Å². The van der Waals surface area contributed by atoms with Gasteiger partial charge in [0.05, 0.1) is 19.5 Å².